The lowest BCUT2D eigenvalue weighted by molar-refractivity contribution is -0.119. The number of aromatic amines is 1. The predicted octanol–water partition coefficient (Wildman–Crippen LogP) is 4.54. The summed E-state index contributed by atoms with van der Waals surface area (Å²) >= 11 is 0. The maximum Gasteiger partial charge on any atom is 0.329 e. The van der Waals surface area contributed by atoms with Gasteiger partial charge in [-0.1, -0.05) is 24.3 Å². The van der Waals surface area contributed by atoms with E-state index in [2.05, 4.69) is 22.4 Å². The van der Waals surface area contributed by atoms with Crippen molar-refractivity contribution in [2.45, 2.75) is 27.3 Å². The fourth-order valence-electron chi connectivity index (χ4n) is 3.80. The summed E-state index contributed by atoms with van der Waals surface area (Å²) in [6, 6.07) is 17.2. The van der Waals surface area contributed by atoms with Crippen LogP contribution in [0.25, 0.3) is 33.1 Å². The van der Waals surface area contributed by atoms with E-state index in [1.165, 1.54) is 6.92 Å². The standard InChI is InChI=1S/C24H25N4O2/c1-4-27(5-2)24(30)28-22-9-7-6-8-18(22)13-23(28)20-15-26-21-11-10-17(12-19(20)21)14-25-16(3)29/h6-12,15,26H,4-5,14H2,1-3H3,(H,25,29). The summed E-state index contributed by atoms with van der Waals surface area (Å²) < 4.78 is 1.76. The summed E-state index contributed by atoms with van der Waals surface area (Å²) in [5, 5.41) is 4.73. The minimum atomic E-state index is -0.0670. The number of nitrogens with zero attached hydrogens (tertiary/aromatic N) is 2. The smallest absolute Gasteiger partial charge is 0.329 e. The Morgan fingerprint density at radius 3 is 2.63 bits per heavy atom. The van der Waals surface area contributed by atoms with Crippen molar-refractivity contribution in [2.24, 2.45) is 0 Å². The SMILES string of the molecule is CCN(CC)C(=O)n1c(-c2c[nH]c3ccc(CNC(C)=O)cc23)[c]c2ccccc21. The number of nitrogens with one attached hydrogen (secondary N) is 2. The highest BCUT2D eigenvalue weighted by Crippen LogP contribution is 2.33. The lowest BCUT2D eigenvalue weighted by atomic mass is 10.1. The molecule has 2 aromatic heterocycles. The first-order chi connectivity index (χ1) is 14.5. The molecule has 0 aliphatic carbocycles. The Labute approximate surface area is 175 Å². The van der Waals surface area contributed by atoms with Gasteiger partial charge in [0, 0.05) is 60.7 Å². The molecule has 153 valence electrons. The molecule has 2 heterocycles. The van der Waals surface area contributed by atoms with Crippen LogP contribution >= 0.6 is 0 Å². The van der Waals surface area contributed by atoms with E-state index in [4.69, 9.17) is 0 Å². The van der Waals surface area contributed by atoms with E-state index >= 15 is 0 Å². The zero-order valence-electron chi connectivity index (χ0n) is 17.5. The van der Waals surface area contributed by atoms with Crippen molar-refractivity contribution in [1.29, 1.82) is 0 Å². The van der Waals surface area contributed by atoms with Gasteiger partial charge in [0.15, 0.2) is 0 Å². The fraction of sp³-hybridized carbons (Fsp3) is 0.250. The number of H-pyrrole nitrogens is 1. The lowest BCUT2D eigenvalue weighted by Gasteiger charge is -2.21. The van der Waals surface area contributed by atoms with E-state index in [1.54, 1.807) is 9.47 Å². The monoisotopic (exact) mass is 401 g/mol. The summed E-state index contributed by atoms with van der Waals surface area (Å²) in [5.41, 5.74) is 4.45. The average molecular weight is 401 g/mol. The molecule has 0 atom stereocenters. The first kappa shape index (κ1) is 19.8. The number of para-hydroxylation sites is 1. The van der Waals surface area contributed by atoms with Crippen molar-refractivity contribution in [3.63, 3.8) is 0 Å². The van der Waals surface area contributed by atoms with Gasteiger partial charge in [0.1, 0.15) is 0 Å². The molecular formula is C24H25N4O2. The van der Waals surface area contributed by atoms with Gasteiger partial charge < -0.3 is 15.2 Å². The van der Waals surface area contributed by atoms with Gasteiger partial charge in [0.05, 0.1) is 11.2 Å². The highest BCUT2D eigenvalue weighted by atomic mass is 16.2. The number of hydrogen-bond donors (Lipinski definition) is 2. The minimum Gasteiger partial charge on any atom is -0.360 e. The van der Waals surface area contributed by atoms with Crippen molar-refractivity contribution >= 4 is 33.7 Å². The second-order valence-corrected chi connectivity index (χ2v) is 7.27. The van der Waals surface area contributed by atoms with Crippen molar-refractivity contribution in [2.75, 3.05) is 13.1 Å². The van der Waals surface area contributed by atoms with Crippen LogP contribution in [0.1, 0.15) is 26.3 Å². The maximum atomic E-state index is 13.4. The third-order valence-electron chi connectivity index (χ3n) is 5.39. The molecule has 0 bridgehead atoms. The Balaban J connectivity index is 1.90. The number of fused-ring (bicyclic) bond motifs is 2. The van der Waals surface area contributed by atoms with Crippen LogP contribution in [0.15, 0.2) is 48.7 Å². The molecule has 2 amide bonds. The van der Waals surface area contributed by atoms with Gasteiger partial charge in [0.2, 0.25) is 5.91 Å². The van der Waals surface area contributed by atoms with E-state index in [0.29, 0.717) is 19.6 Å². The Morgan fingerprint density at radius 2 is 1.90 bits per heavy atom. The zero-order valence-corrected chi connectivity index (χ0v) is 17.5. The van der Waals surface area contributed by atoms with Crippen LogP contribution in [-0.2, 0) is 11.3 Å². The molecular weight excluding hydrogens is 376 g/mol. The second kappa shape index (κ2) is 8.06. The van der Waals surface area contributed by atoms with E-state index < -0.39 is 0 Å². The second-order valence-electron chi connectivity index (χ2n) is 7.27. The van der Waals surface area contributed by atoms with Gasteiger partial charge >= 0.3 is 6.03 Å². The molecule has 6 heteroatoms. The molecule has 0 fully saturated rings. The van der Waals surface area contributed by atoms with Gasteiger partial charge in [-0.25, -0.2) is 4.79 Å². The Bertz CT molecular complexity index is 1230. The average Bonchev–Trinajstić information content (AvgIpc) is 3.33. The largest absolute Gasteiger partial charge is 0.360 e. The van der Waals surface area contributed by atoms with Crippen LogP contribution in [0, 0.1) is 6.07 Å². The maximum absolute atomic E-state index is 13.4. The molecule has 6 nitrogen and oxygen atoms in total. The highest BCUT2D eigenvalue weighted by molar-refractivity contribution is 6.03. The van der Waals surface area contributed by atoms with Crippen LogP contribution in [0.5, 0.6) is 0 Å². The molecule has 1 radical (unpaired) electrons. The number of amides is 2. The molecule has 30 heavy (non-hydrogen) atoms. The van der Waals surface area contributed by atoms with Crippen LogP contribution in [0.4, 0.5) is 4.79 Å². The molecule has 0 aliphatic rings. The van der Waals surface area contributed by atoms with E-state index in [9.17, 15) is 9.59 Å². The Kier molecular flexibility index (Phi) is 5.31. The number of hydrogen-bond acceptors (Lipinski definition) is 2. The molecule has 0 unspecified atom stereocenters. The first-order valence-electron chi connectivity index (χ1n) is 10.2. The van der Waals surface area contributed by atoms with Crippen LogP contribution in [-0.4, -0.2) is 39.5 Å². The van der Waals surface area contributed by atoms with Gasteiger partial charge in [0.25, 0.3) is 0 Å². The molecule has 4 rings (SSSR count). The topological polar surface area (TPSA) is 70.1 Å². The van der Waals surface area contributed by atoms with Crippen LogP contribution < -0.4 is 5.32 Å². The molecule has 0 saturated carbocycles. The van der Waals surface area contributed by atoms with Gasteiger partial charge in [-0.2, -0.15) is 0 Å². The van der Waals surface area contributed by atoms with Crippen LogP contribution in [0.2, 0.25) is 0 Å². The number of rotatable bonds is 5. The van der Waals surface area contributed by atoms with Gasteiger partial charge in [-0.15, -0.1) is 0 Å². The molecule has 2 aromatic carbocycles. The van der Waals surface area contributed by atoms with Gasteiger partial charge in [-0.05, 0) is 37.6 Å². The molecule has 4 aromatic rings. The highest BCUT2D eigenvalue weighted by Gasteiger charge is 2.22. The van der Waals surface area contributed by atoms with Crippen molar-refractivity contribution in [1.82, 2.24) is 19.8 Å². The molecule has 0 aliphatic heterocycles. The summed E-state index contributed by atoms with van der Waals surface area (Å²) in [6.07, 6.45) is 1.92. The normalized spacial score (nSPS) is 11.2. The van der Waals surface area contributed by atoms with Crippen molar-refractivity contribution in [3.8, 4) is 11.3 Å². The van der Waals surface area contributed by atoms with E-state index in [-0.39, 0.29) is 11.9 Å². The third kappa shape index (κ3) is 3.45. The summed E-state index contributed by atoms with van der Waals surface area (Å²) in [5.74, 6) is -0.0670. The van der Waals surface area contributed by atoms with E-state index in [1.807, 2.05) is 56.4 Å². The van der Waals surface area contributed by atoms with Gasteiger partial charge in [-0.3, -0.25) is 9.36 Å². The number of aromatic nitrogens is 2. The zero-order chi connectivity index (χ0) is 21.3. The molecule has 0 saturated heterocycles. The van der Waals surface area contributed by atoms with Crippen molar-refractivity contribution < 1.29 is 9.59 Å². The third-order valence-corrected chi connectivity index (χ3v) is 5.39. The number of carbonyl (C=O) groups excluding carboxylic acids is 2. The summed E-state index contributed by atoms with van der Waals surface area (Å²) in [4.78, 5) is 29.8. The van der Waals surface area contributed by atoms with Crippen molar-refractivity contribution in [3.05, 3.63) is 60.3 Å². The first-order valence-corrected chi connectivity index (χ1v) is 10.2. The van der Waals surface area contributed by atoms with E-state index in [0.717, 1.165) is 38.6 Å². The lowest BCUT2D eigenvalue weighted by Crippen LogP contribution is -2.34. The Morgan fingerprint density at radius 1 is 1.13 bits per heavy atom. The summed E-state index contributed by atoms with van der Waals surface area (Å²) in [6.45, 7) is 7.20. The number of benzene rings is 2. The van der Waals surface area contributed by atoms with Crippen LogP contribution in [0.3, 0.4) is 0 Å². The number of carbonyl (C=O) groups is 2. The Hall–Kier alpha value is -3.54. The summed E-state index contributed by atoms with van der Waals surface area (Å²) in [7, 11) is 0. The minimum absolute atomic E-state index is 0.0591. The predicted molar refractivity (Wildman–Crippen MR) is 119 cm³/mol. The molecule has 0 spiro atoms. The fourth-order valence-corrected chi connectivity index (χ4v) is 3.80. The molecule has 2 N–H and O–H groups in total. The quantitative estimate of drug-likeness (QED) is 0.516.